The van der Waals surface area contributed by atoms with Crippen LogP contribution in [0.15, 0.2) is 29.3 Å². The molecule has 0 aromatic heterocycles. The number of ether oxygens (including phenoxy) is 1. The summed E-state index contributed by atoms with van der Waals surface area (Å²) in [6, 6.07) is 8.31. The molecule has 0 fully saturated rings. The fourth-order valence-corrected chi connectivity index (χ4v) is 3.62. The van der Waals surface area contributed by atoms with Crippen LogP contribution in [0.4, 0.5) is 0 Å². The van der Waals surface area contributed by atoms with E-state index in [4.69, 9.17) is 4.74 Å². The third-order valence-electron chi connectivity index (χ3n) is 2.31. The van der Waals surface area contributed by atoms with E-state index in [9.17, 15) is 0 Å². The van der Waals surface area contributed by atoms with Gasteiger partial charge in [0.25, 0.3) is 0 Å². The van der Waals surface area contributed by atoms with Gasteiger partial charge in [0.15, 0.2) is 0 Å². The molecule has 1 heterocycles. The highest BCUT2D eigenvalue weighted by Gasteiger charge is 2.27. The summed E-state index contributed by atoms with van der Waals surface area (Å²) in [7, 11) is 1.68. The minimum atomic E-state index is 0.223. The third kappa shape index (κ3) is 2.37. The Hall–Kier alpha value is -0.480. The van der Waals surface area contributed by atoms with Crippen LogP contribution in [0.25, 0.3) is 0 Å². The van der Waals surface area contributed by atoms with Gasteiger partial charge < -0.3 is 4.74 Å². The Morgan fingerprint density at radius 3 is 2.47 bits per heavy atom. The van der Waals surface area contributed by atoms with E-state index >= 15 is 0 Å². The monoisotopic (exact) mass is 285 g/mol. The lowest BCUT2D eigenvalue weighted by Gasteiger charge is -2.11. The second-order valence-electron chi connectivity index (χ2n) is 3.34. The number of methoxy groups -OCH3 is 1. The quantitative estimate of drug-likeness (QED) is 0.774. The molecule has 2 unspecified atom stereocenters. The number of hydrogen-bond acceptors (Lipinski definition) is 3. The molecule has 0 saturated heterocycles. The van der Waals surface area contributed by atoms with Crippen LogP contribution < -0.4 is 4.74 Å². The normalized spacial score (nSPS) is 25.1. The van der Waals surface area contributed by atoms with Gasteiger partial charge in [0.1, 0.15) is 5.75 Å². The van der Waals surface area contributed by atoms with Crippen molar-refractivity contribution in [1.29, 1.82) is 0 Å². The summed E-state index contributed by atoms with van der Waals surface area (Å²) in [5.74, 6) is 0.885. The van der Waals surface area contributed by atoms with Gasteiger partial charge in [-0.15, -0.1) is 0 Å². The summed E-state index contributed by atoms with van der Waals surface area (Å²) in [4.78, 5) is 4.59. The molecule has 0 N–H and O–H groups in total. The molecule has 1 aromatic carbocycles. The minimum absolute atomic E-state index is 0.223. The zero-order valence-electron chi connectivity index (χ0n) is 8.61. The molecule has 1 aliphatic heterocycles. The second kappa shape index (κ2) is 4.58. The predicted octanol–water partition coefficient (Wildman–Crippen LogP) is 3.62. The maximum absolute atomic E-state index is 5.13. The Morgan fingerprint density at radius 1 is 1.33 bits per heavy atom. The number of hydrogen-bond donors (Lipinski definition) is 0. The molecule has 0 amide bonds. The highest BCUT2D eigenvalue weighted by Crippen LogP contribution is 2.41. The van der Waals surface area contributed by atoms with Crippen LogP contribution in [-0.4, -0.2) is 16.3 Å². The van der Waals surface area contributed by atoms with Gasteiger partial charge in [-0.3, -0.25) is 4.99 Å². The molecular weight excluding hydrogens is 274 g/mol. The van der Waals surface area contributed by atoms with E-state index in [0.717, 1.165) is 10.8 Å². The Balaban J connectivity index is 2.22. The first-order chi connectivity index (χ1) is 7.20. The Kier molecular flexibility index (Phi) is 3.36. The van der Waals surface area contributed by atoms with Crippen molar-refractivity contribution >= 4 is 32.7 Å². The van der Waals surface area contributed by atoms with Gasteiger partial charge in [0.05, 0.1) is 22.4 Å². The van der Waals surface area contributed by atoms with Crippen molar-refractivity contribution in [2.75, 3.05) is 7.11 Å². The maximum Gasteiger partial charge on any atom is 0.118 e. The standard InChI is InChI=1S/C11H12BrNOS/c1-7-13-10(11(12)15-7)8-3-5-9(14-2)6-4-8/h3-6,10-11H,1-2H3. The number of alkyl halides is 1. The molecule has 1 aromatic rings. The van der Waals surface area contributed by atoms with E-state index in [-0.39, 0.29) is 6.04 Å². The zero-order valence-corrected chi connectivity index (χ0v) is 11.0. The zero-order chi connectivity index (χ0) is 10.8. The van der Waals surface area contributed by atoms with Gasteiger partial charge in [0, 0.05) is 0 Å². The summed E-state index contributed by atoms with van der Waals surface area (Å²) in [5, 5.41) is 1.14. The first kappa shape index (κ1) is 11.0. The van der Waals surface area contributed by atoms with Crippen molar-refractivity contribution < 1.29 is 4.74 Å². The summed E-state index contributed by atoms with van der Waals surface area (Å²) in [6.07, 6.45) is 0. The van der Waals surface area contributed by atoms with Crippen LogP contribution in [0.5, 0.6) is 5.75 Å². The van der Waals surface area contributed by atoms with Gasteiger partial charge in [-0.05, 0) is 24.6 Å². The smallest absolute Gasteiger partial charge is 0.118 e. The average Bonchev–Trinajstić information content (AvgIpc) is 2.58. The van der Waals surface area contributed by atoms with E-state index in [1.54, 1.807) is 18.9 Å². The largest absolute Gasteiger partial charge is 0.497 e. The topological polar surface area (TPSA) is 21.6 Å². The lowest BCUT2D eigenvalue weighted by Crippen LogP contribution is -2.01. The highest BCUT2D eigenvalue weighted by molar-refractivity contribution is 9.11. The summed E-state index contributed by atoms with van der Waals surface area (Å²) >= 11 is 5.40. The van der Waals surface area contributed by atoms with Crippen LogP contribution in [-0.2, 0) is 0 Å². The number of nitrogens with zero attached hydrogens (tertiary/aromatic N) is 1. The van der Waals surface area contributed by atoms with Crippen LogP contribution in [0.1, 0.15) is 18.5 Å². The Morgan fingerprint density at radius 2 is 2.00 bits per heavy atom. The molecule has 2 rings (SSSR count). The van der Waals surface area contributed by atoms with Gasteiger partial charge in [0.2, 0.25) is 0 Å². The number of aliphatic imine (C=N–C) groups is 1. The van der Waals surface area contributed by atoms with E-state index in [2.05, 4.69) is 33.1 Å². The van der Waals surface area contributed by atoms with Crippen LogP contribution >= 0.6 is 27.7 Å². The van der Waals surface area contributed by atoms with Crippen molar-refractivity contribution in [3.8, 4) is 5.75 Å². The molecule has 4 heteroatoms. The lowest BCUT2D eigenvalue weighted by atomic mass is 10.1. The molecule has 15 heavy (non-hydrogen) atoms. The molecular formula is C11H12BrNOS. The number of halogens is 1. The van der Waals surface area contributed by atoms with Crippen LogP contribution in [0.3, 0.4) is 0 Å². The molecule has 0 spiro atoms. The number of thioether (sulfide) groups is 1. The van der Waals surface area contributed by atoms with E-state index < -0.39 is 0 Å². The third-order valence-corrected chi connectivity index (χ3v) is 4.30. The van der Waals surface area contributed by atoms with E-state index in [1.807, 2.05) is 19.1 Å². The fourth-order valence-electron chi connectivity index (χ4n) is 1.54. The molecule has 2 atom stereocenters. The summed E-state index contributed by atoms with van der Waals surface area (Å²) in [6.45, 7) is 2.04. The molecule has 1 aliphatic rings. The average molecular weight is 286 g/mol. The van der Waals surface area contributed by atoms with E-state index in [0.29, 0.717) is 4.16 Å². The molecule has 0 bridgehead atoms. The summed E-state index contributed by atoms with van der Waals surface area (Å²) in [5.41, 5.74) is 1.22. The number of rotatable bonds is 2. The van der Waals surface area contributed by atoms with Gasteiger partial charge in [-0.1, -0.05) is 39.8 Å². The molecule has 80 valence electrons. The Bertz CT molecular complexity index is 377. The van der Waals surface area contributed by atoms with Crippen molar-refractivity contribution in [3.05, 3.63) is 29.8 Å². The first-order valence-electron chi connectivity index (χ1n) is 4.70. The van der Waals surface area contributed by atoms with Gasteiger partial charge in [-0.2, -0.15) is 0 Å². The van der Waals surface area contributed by atoms with Crippen molar-refractivity contribution in [2.24, 2.45) is 4.99 Å². The fraction of sp³-hybridized carbons (Fsp3) is 0.364. The van der Waals surface area contributed by atoms with Gasteiger partial charge in [-0.25, -0.2) is 0 Å². The van der Waals surface area contributed by atoms with Gasteiger partial charge >= 0.3 is 0 Å². The predicted molar refractivity (Wildman–Crippen MR) is 69.2 cm³/mol. The number of benzene rings is 1. The summed E-state index contributed by atoms with van der Waals surface area (Å²) < 4.78 is 5.48. The molecule has 0 aliphatic carbocycles. The SMILES string of the molecule is COc1ccc(C2N=C(C)SC2Br)cc1. The van der Waals surface area contributed by atoms with E-state index in [1.165, 1.54) is 5.56 Å². The van der Waals surface area contributed by atoms with Crippen LogP contribution in [0.2, 0.25) is 0 Å². The minimum Gasteiger partial charge on any atom is -0.497 e. The van der Waals surface area contributed by atoms with Crippen molar-refractivity contribution in [1.82, 2.24) is 0 Å². The molecule has 0 radical (unpaired) electrons. The van der Waals surface area contributed by atoms with Crippen molar-refractivity contribution in [3.63, 3.8) is 0 Å². The highest BCUT2D eigenvalue weighted by atomic mass is 79.9. The molecule has 0 saturated carbocycles. The second-order valence-corrected chi connectivity index (χ2v) is 6.26. The Labute approximate surface area is 102 Å². The first-order valence-corrected chi connectivity index (χ1v) is 6.49. The lowest BCUT2D eigenvalue weighted by molar-refractivity contribution is 0.414. The molecule has 2 nitrogen and oxygen atoms in total. The van der Waals surface area contributed by atoms with Crippen LogP contribution in [0, 0.1) is 0 Å². The van der Waals surface area contributed by atoms with Crippen molar-refractivity contribution in [2.45, 2.75) is 17.1 Å². The maximum atomic E-state index is 5.13.